The lowest BCUT2D eigenvalue weighted by Gasteiger charge is -2.60. The molecule has 0 aromatic heterocycles. The Hall–Kier alpha value is 0.420. The smallest absolute Gasteiger partial charge is 0.259 e. The van der Waals surface area contributed by atoms with Gasteiger partial charge in [0.15, 0.2) is 0 Å². The Kier molecular flexibility index (Phi) is 15.8. The van der Waals surface area contributed by atoms with Crippen molar-refractivity contribution in [3.63, 3.8) is 0 Å². The predicted molar refractivity (Wildman–Crippen MR) is 273 cm³/mol. The third-order valence-electron chi connectivity index (χ3n) is 19.3. The van der Waals surface area contributed by atoms with Gasteiger partial charge < -0.3 is 22.8 Å². The lowest BCUT2D eigenvalue weighted by molar-refractivity contribution is -0.105. The largest absolute Gasteiger partial charge is 0.380 e. The van der Waals surface area contributed by atoms with Gasteiger partial charge in [-0.05, 0) is 203 Å². The van der Waals surface area contributed by atoms with Crippen molar-refractivity contribution in [2.75, 3.05) is 67.8 Å². The standard InChI is InChI=1S/C52H102N6O5P2/c1-23-51(35-60-64(61-36-51)57(39-25-43(3,4)53(19)44(5,6)26-39)40-27-45(7,8)54(20)46(9,10)28-40)33-59-34-52(24-2)37-62-65(63-38-52)58(41-29-47(11,12)55(21)48(13,14)30-41)42-31-49(15,16)56(22)50(17,18)32-42/h39-42H,23-38H2,1-22H3. The Labute approximate surface area is 403 Å². The highest BCUT2D eigenvalue weighted by Crippen LogP contribution is 2.60. The van der Waals surface area contributed by atoms with Crippen molar-refractivity contribution < 1.29 is 22.8 Å². The molecule has 0 aliphatic carbocycles. The molecule has 0 N–H and O–H groups in total. The molecule has 0 aromatic rings. The monoisotopic (exact) mass is 953 g/mol. The minimum atomic E-state index is -1.24. The number of rotatable bonds is 12. The first kappa shape index (κ1) is 54.7. The minimum Gasteiger partial charge on any atom is -0.380 e. The molecule has 6 aliphatic heterocycles. The van der Waals surface area contributed by atoms with Gasteiger partial charge in [0.2, 0.25) is 0 Å². The number of likely N-dealkylation sites (tertiary alicyclic amines) is 4. The van der Waals surface area contributed by atoms with Crippen LogP contribution in [0, 0.1) is 10.8 Å². The summed E-state index contributed by atoms with van der Waals surface area (Å²) in [5.74, 6) is 0. The molecule has 6 heterocycles. The molecular formula is C52H102N6O5P2. The topological polar surface area (TPSA) is 65.6 Å². The summed E-state index contributed by atoms with van der Waals surface area (Å²) in [6.07, 6.45) is 10.7. The van der Waals surface area contributed by atoms with E-state index in [2.05, 4.69) is 182 Å². The summed E-state index contributed by atoms with van der Waals surface area (Å²) in [6, 6.07) is 1.50. The zero-order valence-electron chi connectivity index (χ0n) is 46.2. The molecule has 0 saturated carbocycles. The van der Waals surface area contributed by atoms with E-state index in [4.69, 9.17) is 22.8 Å². The first-order valence-electron chi connectivity index (χ1n) is 25.8. The van der Waals surface area contributed by atoms with Gasteiger partial charge in [0.1, 0.15) is 0 Å². The van der Waals surface area contributed by atoms with E-state index in [1.54, 1.807) is 0 Å². The molecule has 0 atom stereocenters. The van der Waals surface area contributed by atoms with Crippen molar-refractivity contribution >= 4 is 17.1 Å². The van der Waals surface area contributed by atoms with Crippen molar-refractivity contribution in [1.82, 2.24) is 28.9 Å². The summed E-state index contributed by atoms with van der Waals surface area (Å²) in [5.41, 5.74) is 0.130. The molecule has 6 saturated heterocycles. The van der Waals surface area contributed by atoms with Crippen LogP contribution in [0.1, 0.15) is 189 Å². The Morgan fingerprint density at radius 3 is 0.738 bits per heavy atom. The quantitative estimate of drug-likeness (QED) is 0.176. The molecule has 13 heteroatoms. The number of piperidine rings is 4. The van der Waals surface area contributed by atoms with E-state index < -0.39 is 17.1 Å². The molecule has 6 rings (SSSR count). The molecule has 65 heavy (non-hydrogen) atoms. The van der Waals surface area contributed by atoms with Crippen LogP contribution in [-0.2, 0) is 22.8 Å². The van der Waals surface area contributed by atoms with Crippen LogP contribution in [-0.4, -0.2) is 165 Å². The lowest BCUT2D eigenvalue weighted by atomic mass is 9.74. The summed E-state index contributed by atoms with van der Waals surface area (Å²) in [6.45, 7) is 47.2. The minimum absolute atomic E-state index is 0.0655. The van der Waals surface area contributed by atoms with Crippen molar-refractivity contribution in [1.29, 1.82) is 0 Å². The van der Waals surface area contributed by atoms with Crippen LogP contribution < -0.4 is 0 Å². The van der Waals surface area contributed by atoms with Crippen LogP contribution >= 0.6 is 17.1 Å². The average Bonchev–Trinajstić information content (AvgIpc) is 3.18. The van der Waals surface area contributed by atoms with Crippen molar-refractivity contribution in [2.24, 2.45) is 10.8 Å². The predicted octanol–water partition coefficient (Wildman–Crippen LogP) is 11.6. The second-order valence-corrected chi connectivity index (χ2v) is 30.4. The average molecular weight is 953 g/mol. The summed E-state index contributed by atoms with van der Waals surface area (Å²) in [7, 11) is 6.78. The van der Waals surface area contributed by atoms with Crippen LogP contribution in [0.4, 0.5) is 0 Å². The molecule has 6 aliphatic rings. The molecule has 6 fully saturated rings. The van der Waals surface area contributed by atoms with E-state index in [0.717, 1.165) is 64.2 Å². The van der Waals surface area contributed by atoms with Gasteiger partial charge in [-0.1, -0.05) is 13.8 Å². The van der Waals surface area contributed by atoms with Gasteiger partial charge in [-0.2, -0.15) is 0 Å². The molecule has 0 unspecified atom stereocenters. The van der Waals surface area contributed by atoms with Gasteiger partial charge in [-0.3, -0.25) is 19.6 Å². The van der Waals surface area contributed by atoms with Crippen LogP contribution in [0.15, 0.2) is 0 Å². The Morgan fingerprint density at radius 2 is 0.569 bits per heavy atom. The zero-order chi connectivity index (χ0) is 48.8. The Bertz CT molecular complexity index is 1350. The maximum atomic E-state index is 7.10. The SMILES string of the molecule is CCC1(COCC2(CC)COP(N(C3CC(C)(C)N(C)C(C)(C)C3)C3CC(C)(C)N(C)C(C)(C)C3)OC2)COP(N(C2CC(C)(C)N(C)C(C)(C)C2)C2CC(C)(C)N(C)C(C)(C)C2)OC1. The van der Waals surface area contributed by atoms with Crippen molar-refractivity contribution in [3.8, 4) is 0 Å². The molecule has 0 bridgehead atoms. The van der Waals surface area contributed by atoms with E-state index >= 15 is 0 Å². The van der Waals surface area contributed by atoms with Crippen LogP contribution in [0.3, 0.4) is 0 Å². The van der Waals surface area contributed by atoms with Crippen LogP contribution in [0.25, 0.3) is 0 Å². The molecule has 380 valence electrons. The fraction of sp³-hybridized carbons (Fsp3) is 1.00. The van der Waals surface area contributed by atoms with Gasteiger partial charge >= 0.3 is 0 Å². The molecule has 0 amide bonds. The second-order valence-electron chi connectivity index (χ2n) is 27.5. The van der Waals surface area contributed by atoms with Gasteiger partial charge in [0.05, 0.1) is 39.6 Å². The maximum absolute atomic E-state index is 7.10. The molecular weight excluding hydrogens is 851 g/mol. The van der Waals surface area contributed by atoms with Crippen LogP contribution in [0.2, 0.25) is 0 Å². The van der Waals surface area contributed by atoms with E-state index in [-0.39, 0.29) is 55.1 Å². The van der Waals surface area contributed by atoms with E-state index in [1.807, 2.05) is 0 Å². The van der Waals surface area contributed by atoms with Gasteiger partial charge in [-0.25, -0.2) is 9.34 Å². The number of hydrogen-bond donors (Lipinski definition) is 0. The normalized spacial score (nSPS) is 36.4. The third-order valence-corrected chi connectivity index (χ3v) is 22.7. The maximum Gasteiger partial charge on any atom is 0.259 e. The Morgan fingerprint density at radius 1 is 0.385 bits per heavy atom. The Balaban J connectivity index is 1.15. The third kappa shape index (κ3) is 11.1. The van der Waals surface area contributed by atoms with Crippen molar-refractivity contribution in [2.45, 2.75) is 257 Å². The summed E-state index contributed by atoms with van der Waals surface area (Å²) in [5, 5.41) is 0. The van der Waals surface area contributed by atoms with Gasteiger partial charge in [0, 0.05) is 79.3 Å². The highest BCUT2D eigenvalue weighted by atomic mass is 31.2. The van der Waals surface area contributed by atoms with Gasteiger partial charge in [-0.15, -0.1) is 0 Å². The first-order valence-corrected chi connectivity index (χ1v) is 28.1. The summed E-state index contributed by atoms with van der Waals surface area (Å²) < 4.78 is 40.8. The van der Waals surface area contributed by atoms with E-state index in [1.165, 1.54) is 0 Å². The number of nitrogens with zero attached hydrogens (tertiary/aromatic N) is 6. The zero-order valence-corrected chi connectivity index (χ0v) is 48.0. The second kappa shape index (κ2) is 18.8. The first-order chi connectivity index (χ1) is 29.6. The molecule has 0 spiro atoms. The lowest BCUT2D eigenvalue weighted by Crippen LogP contribution is -2.66. The number of ether oxygens (including phenoxy) is 1. The summed E-state index contributed by atoms with van der Waals surface area (Å²) in [4.78, 5) is 10.4. The highest BCUT2D eigenvalue weighted by Gasteiger charge is 2.56. The molecule has 11 nitrogen and oxygen atoms in total. The fourth-order valence-corrected chi connectivity index (χ4v) is 17.5. The summed E-state index contributed by atoms with van der Waals surface area (Å²) >= 11 is 0. The van der Waals surface area contributed by atoms with E-state index in [9.17, 15) is 0 Å². The molecule has 0 radical (unpaired) electrons. The number of hydrogen-bond acceptors (Lipinski definition) is 11. The fourth-order valence-electron chi connectivity index (χ4n) is 13.6. The van der Waals surface area contributed by atoms with Crippen LogP contribution in [0.5, 0.6) is 0 Å². The van der Waals surface area contributed by atoms with E-state index in [0.29, 0.717) is 63.8 Å². The van der Waals surface area contributed by atoms with Crippen molar-refractivity contribution in [3.05, 3.63) is 0 Å². The molecule has 0 aromatic carbocycles. The highest BCUT2D eigenvalue weighted by molar-refractivity contribution is 7.45. The van der Waals surface area contributed by atoms with Gasteiger partial charge in [0.25, 0.3) is 17.1 Å².